The van der Waals surface area contributed by atoms with Crippen molar-refractivity contribution in [3.05, 3.63) is 93.7 Å². The number of fused-ring (bicyclic) bond motifs is 2. The largest absolute Gasteiger partial charge is 0.483 e. The smallest absolute Gasteiger partial charge is 0.329 e. The van der Waals surface area contributed by atoms with E-state index in [1.54, 1.807) is 9.08 Å². The van der Waals surface area contributed by atoms with Gasteiger partial charge < -0.3 is 10.5 Å². The molecule has 0 radical (unpaired) electrons. The van der Waals surface area contributed by atoms with Crippen molar-refractivity contribution in [3.8, 4) is 28.1 Å². The van der Waals surface area contributed by atoms with Crippen molar-refractivity contribution >= 4 is 55.6 Å². The third kappa shape index (κ3) is 5.00. The zero-order valence-electron chi connectivity index (χ0n) is 22.2. The fourth-order valence-electron chi connectivity index (χ4n) is 4.97. The van der Waals surface area contributed by atoms with Crippen molar-refractivity contribution in [2.24, 2.45) is 0 Å². The maximum Gasteiger partial charge on any atom is 0.329 e. The van der Waals surface area contributed by atoms with Crippen LogP contribution in [0.15, 0.2) is 71.1 Å². The highest BCUT2D eigenvalue weighted by molar-refractivity contribution is 14.1. The van der Waals surface area contributed by atoms with Gasteiger partial charge in [0.05, 0.1) is 17.0 Å². The molecule has 0 spiro atoms. The normalized spacial score (nSPS) is 12.7. The van der Waals surface area contributed by atoms with Crippen molar-refractivity contribution in [2.45, 2.75) is 23.8 Å². The lowest BCUT2D eigenvalue weighted by molar-refractivity contribution is 0.0629. The van der Waals surface area contributed by atoms with Crippen LogP contribution >= 0.6 is 33.9 Å². The van der Waals surface area contributed by atoms with E-state index in [1.807, 2.05) is 55.6 Å². The van der Waals surface area contributed by atoms with Gasteiger partial charge in [-0.3, -0.25) is 9.20 Å². The molecule has 13 heteroatoms. The highest BCUT2D eigenvalue weighted by atomic mass is 127. The minimum Gasteiger partial charge on any atom is -0.483 e. The Labute approximate surface area is 254 Å². The summed E-state index contributed by atoms with van der Waals surface area (Å²) < 4.78 is 46.6. The predicted octanol–water partition coefficient (Wildman–Crippen LogP) is 6.88. The van der Waals surface area contributed by atoms with E-state index in [0.29, 0.717) is 27.9 Å². The number of halogens is 4. The highest BCUT2D eigenvalue weighted by Gasteiger charge is 2.27. The fourth-order valence-corrected chi connectivity index (χ4v) is 6.05. The van der Waals surface area contributed by atoms with Crippen molar-refractivity contribution in [1.29, 1.82) is 0 Å². The molecule has 2 N–H and O–H groups in total. The highest BCUT2D eigenvalue weighted by Crippen LogP contribution is 2.37. The van der Waals surface area contributed by atoms with Gasteiger partial charge in [0, 0.05) is 39.2 Å². The van der Waals surface area contributed by atoms with Gasteiger partial charge in [-0.2, -0.15) is 13.9 Å². The van der Waals surface area contributed by atoms with Crippen LogP contribution in [0.5, 0.6) is 5.75 Å². The topological polar surface area (TPSA) is 100 Å². The van der Waals surface area contributed by atoms with Gasteiger partial charge >= 0.3 is 3.93 Å². The molecule has 1 atom stereocenters. The zero-order chi connectivity index (χ0) is 29.8. The number of alkyl halides is 3. The molecule has 6 rings (SSSR count). The number of anilines is 1. The first kappa shape index (κ1) is 28.2. The van der Waals surface area contributed by atoms with Gasteiger partial charge in [-0.15, -0.1) is 11.3 Å². The molecule has 6 aromatic rings. The number of aryl methyl sites for hydroxylation is 1. The summed E-state index contributed by atoms with van der Waals surface area (Å²) in [5, 5.41) is 7.12. The Kier molecular flexibility index (Phi) is 7.17. The molecule has 0 unspecified atom stereocenters. The van der Waals surface area contributed by atoms with E-state index >= 15 is 0 Å². The number of nitrogen functional groups attached to an aromatic ring is 1. The number of thiazole rings is 1. The Morgan fingerprint density at radius 2 is 1.88 bits per heavy atom. The summed E-state index contributed by atoms with van der Waals surface area (Å²) >= 11 is 2.39. The Balaban J connectivity index is 1.53. The van der Waals surface area contributed by atoms with Crippen LogP contribution in [0.2, 0.25) is 0 Å². The molecule has 214 valence electrons. The third-order valence-electron chi connectivity index (χ3n) is 6.90. The second kappa shape index (κ2) is 10.7. The lowest BCUT2D eigenvalue weighted by Gasteiger charge is -2.18. The number of pyridine rings is 1. The standard InChI is InChI=1S/C29H22F3IN6O2S/c1-15-12-42-22-11-19(23(28(40)38(15)22)17-6-4-3-5-7-17)16(2)39-27-24(26(34)35-14-36-27)25(37-39)18-8-9-21(20(30)10-18)41-13-29(31,32)33/h3-12,14,16H,13H2,1-2H3,(H2,34,35,36)/t16-/m0/s1. The molecule has 4 heterocycles. The molecule has 2 aromatic carbocycles. The molecule has 0 aliphatic carbocycles. The van der Waals surface area contributed by atoms with E-state index in [4.69, 9.17) is 15.6 Å². The molecule has 42 heavy (non-hydrogen) atoms. The minimum atomic E-state index is -3.15. The number of hydrogen-bond acceptors (Lipinski definition) is 7. The van der Waals surface area contributed by atoms with Crippen molar-refractivity contribution in [1.82, 2.24) is 24.1 Å². The lowest BCUT2D eigenvalue weighted by atomic mass is 9.97. The third-order valence-corrected chi connectivity index (χ3v) is 8.21. The first-order valence-electron chi connectivity index (χ1n) is 12.7. The van der Waals surface area contributed by atoms with Crippen molar-refractivity contribution in [2.75, 3.05) is 12.3 Å². The Morgan fingerprint density at radius 3 is 2.60 bits per heavy atom. The summed E-state index contributed by atoms with van der Waals surface area (Å²) in [7, 11) is 0. The molecule has 0 saturated heterocycles. The zero-order valence-corrected chi connectivity index (χ0v) is 25.2. The van der Waals surface area contributed by atoms with E-state index in [0.717, 1.165) is 50.3 Å². The van der Waals surface area contributed by atoms with Crippen LogP contribution in [0, 0.1) is 12.7 Å². The number of nitrogens with zero attached hydrogens (tertiary/aromatic N) is 5. The summed E-state index contributed by atoms with van der Waals surface area (Å²) in [6, 6.07) is 14.8. The van der Waals surface area contributed by atoms with Crippen LogP contribution < -0.4 is 16.0 Å². The van der Waals surface area contributed by atoms with Gasteiger partial charge in [0.1, 0.15) is 22.7 Å². The van der Waals surface area contributed by atoms with Gasteiger partial charge in [-0.1, -0.05) is 30.3 Å². The molecule has 4 aromatic heterocycles. The maximum absolute atomic E-state index is 15.0. The van der Waals surface area contributed by atoms with E-state index in [1.165, 1.54) is 29.8 Å². The maximum atomic E-state index is 15.0. The Bertz CT molecular complexity index is 2020. The van der Waals surface area contributed by atoms with Crippen molar-refractivity contribution in [3.63, 3.8) is 0 Å². The second-order valence-electron chi connectivity index (χ2n) is 9.67. The average Bonchev–Trinajstić information content (AvgIpc) is 3.53. The fraction of sp³-hybridized carbons (Fsp3) is 0.172. The number of benzene rings is 2. The Morgan fingerprint density at radius 1 is 1.12 bits per heavy atom. The predicted molar refractivity (Wildman–Crippen MR) is 165 cm³/mol. The van der Waals surface area contributed by atoms with E-state index < -0.39 is 22.4 Å². The number of ether oxygens (including phenoxy) is 1. The van der Waals surface area contributed by atoms with E-state index in [-0.39, 0.29) is 17.1 Å². The Hall–Kier alpha value is -3.98. The summed E-state index contributed by atoms with van der Waals surface area (Å²) in [5.74, 6) is -1.02. The molecule has 0 bridgehead atoms. The molecule has 0 fully saturated rings. The molecule has 0 saturated carbocycles. The average molecular weight is 702 g/mol. The van der Waals surface area contributed by atoms with Gasteiger partial charge in [0.25, 0.3) is 5.56 Å². The van der Waals surface area contributed by atoms with Crippen LogP contribution in [0.1, 0.15) is 24.2 Å². The number of hydrogen-bond donors (Lipinski definition) is 1. The molecule has 0 aliphatic rings. The van der Waals surface area contributed by atoms with Crippen LogP contribution in [0.4, 0.5) is 19.0 Å². The monoisotopic (exact) mass is 702 g/mol. The van der Waals surface area contributed by atoms with Crippen LogP contribution in [0.25, 0.3) is 38.2 Å². The lowest BCUT2D eigenvalue weighted by Crippen LogP contribution is -2.21. The van der Waals surface area contributed by atoms with Gasteiger partial charge in [0.15, 0.2) is 23.8 Å². The SMILES string of the molecule is Cc1csc2cc([C@H](C)n3nc(-c4ccc(OCC(F)(F)I)c(F)c4)c4c(N)ncnc43)c(-c3ccccc3)c(=O)n12. The quantitative estimate of drug-likeness (QED) is 0.144. The first-order valence-corrected chi connectivity index (χ1v) is 14.7. The molecule has 0 aliphatic heterocycles. The summed E-state index contributed by atoms with van der Waals surface area (Å²) in [6.07, 6.45) is 1.31. The second-order valence-corrected chi connectivity index (χ2v) is 12.1. The van der Waals surface area contributed by atoms with E-state index in [9.17, 15) is 18.0 Å². The molecular weight excluding hydrogens is 680 g/mol. The number of rotatable bonds is 7. The number of nitrogens with two attached hydrogens (primary N) is 1. The molecular formula is C29H22F3IN6O2S. The summed E-state index contributed by atoms with van der Waals surface area (Å²) in [6.45, 7) is 2.81. The van der Waals surface area contributed by atoms with Gasteiger partial charge in [0.2, 0.25) is 0 Å². The van der Waals surface area contributed by atoms with Gasteiger partial charge in [-0.05, 0) is 49.2 Å². The van der Waals surface area contributed by atoms with E-state index in [2.05, 4.69) is 9.97 Å². The first-order chi connectivity index (χ1) is 20.0. The summed E-state index contributed by atoms with van der Waals surface area (Å²) in [4.78, 5) is 23.2. The van der Waals surface area contributed by atoms with Crippen LogP contribution in [-0.4, -0.2) is 34.7 Å². The van der Waals surface area contributed by atoms with Crippen molar-refractivity contribution < 1.29 is 17.9 Å². The molecule has 0 amide bonds. The van der Waals surface area contributed by atoms with Gasteiger partial charge in [-0.25, -0.2) is 19.0 Å². The number of aromatic nitrogens is 5. The minimum absolute atomic E-state index is 0.131. The summed E-state index contributed by atoms with van der Waals surface area (Å²) in [5.41, 5.74) is 9.96. The molecule has 8 nitrogen and oxygen atoms in total. The van der Waals surface area contributed by atoms with Crippen LogP contribution in [-0.2, 0) is 0 Å². The van der Waals surface area contributed by atoms with Crippen LogP contribution in [0.3, 0.4) is 0 Å².